The minimum atomic E-state index is -0.363. The standard InChI is InChI=1S/C15H11BrFN3OS/c1-22-15-18-7-9-3-5-13(21)20(14(9)19-15)8-10-2-4-11(16)6-12(10)17/h2-7H,8H2,1H3. The van der Waals surface area contributed by atoms with E-state index in [0.717, 1.165) is 5.39 Å². The molecule has 0 bridgehead atoms. The van der Waals surface area contributed by atoms with Gasteiger partial charge >= 0.3 is 0 Å². The lowest BCUT2D eigenvalue weighted by molar-refractivity contribution is 0.597. The third-order valence-corrected chi connectivity index (χ3v) is 4.28. The van der Waals surface area contributed by atoms with Crippen LogP contribution in [0.4, 0.5) is 4.39 Å². The molecular weight excluding hydrogens is 369 g/mol. The summed E-state index contributed by atoms with van der Waals surface area (Å²) in [5, 5.41) is 1.32. The minimum Gasteiger partial charge on any atom is -0.288 e. The highest BCUT2D eigenvalue weighted by Crippen LogP contribution is 2.18. The molecule has 0 amide bonds. The van der Waals surface area contributed by atoms with Gasteiger partial charge < -0.3 is 0 Å². The number of rotatable bonds is 3. The van der Waals surface area contributed by atoms with Gasteiger partial charge in [-0.1, -0.05) is 33.8 Å². The van der Waals surface area contributed by atoms with Crippen molar-refractivity contribution >= 4 is 38.7 Å². The van der Waals surface area contributed by atoms with Gasteiger partial charge in [0.25, 0.3) is 5.56 Å². The van der Waals surface area contributed by atoms with Gasteiger partial charge in [-0.15, -0.1) is 0 Å². The van der Waals surface area contributed by atoms with Crippen molar-refractivity contribution in [2.24, 2.45) is 0 Å². The summed E-state index contributed by atoms with van der Waals surface area (Å²) in [5.74, 6) is -0.363. The Bertz CT molecular complexity index is 913. The first-order chi connectivity index (χ1) is 10.6. The molecule has 0 aliphatic carbocycles. The molecule has 22 heavy (non-hydrogen) atoms. The van der Waals surface area contributed by atoms with Gasteiger partial charge in [0.1, 0.15) is 11.5 Å². The molecule has 0 saturated carbocycles. The van der Waals surface area contributed by atoms with Crippen LogP contribution in [0.1, 0.15) is 5.56 Å². The van der Waals surface area contributed by atoms with Gasteiger partial charge in [0, 0.05) is 27.7 Å². The van der Waals surface area contributed by atoms with E-state index in [9.17, 15) is 9.18 Å². The third kappa shape index (κ3) is 2.91. The number of hydrogen-bond acceptors (Lipinski definition) is 4. The molecule has 7 heteroatoms. The lowest BCUT2D eigenvalue weighted by atomic mass is 10.2. The summed E-state index contributed by atoms with van der Waals surface area (Å²) >= 11 is 4.61. The minimum absolute atomic E-state index is 0.125. The Balaban J connectivity index is 2.16. The highest BCUT2D eigenvalue weighted by Gasteiger charge is 2.10. The molecule has 0 radical (unpaired) electrons. The van der Waals surface area contributed by atoms with E-state index in [2.05, 4.69) is 25.9 Å². The fourth-order valence-corrected chi connectivity index (χ4v) is 2.80. The first kappa shape index (κ1) is 15.2. The van der Waals surface area contributed by atoms with Crippen molar-refractivity contribution in [3.8, 4) is 0 Å². The van der Waals surface area contributed by atoms with Crippen molar-refractivity contribution in [1.29, 1.82) is 0 Å². The summed E-state index contributed by atoms with van der Waals surface area (Å²) in [5.41, 5.74) is 0.719. The zero-order valence-corrected chi connectivity index (χ0v) is 14.0. The first-order valence-corrected chi connectivity index (χ1v) is 8.45. The molecule has 0 spiro atoms. The number of pyridine rings is 1. The summed E-state index contributed by atoms with van der Waals surface area (Å²) in [6.07, 6.45) is 3.53. The molecule has 0 fully saturated rings. The van der Waals surface area contributed by atoms with Crippen LogP contribution in [-0.4, -0.2) is 20.8 Å². The maximum atomic E-state index is 14.0. The zero-order chi connectivity index (χ0) is 15.7. The summed E-state index contributed by atoms with van der Waals surface area (Å²) in [6.45, 7) is 0.125. The zero-order valence-electron chi connectivity index (χ0n) is 11.6. The van der Waals surface area contributed by atoms with Crippen LogP contribution >= 0.6 is 27.7 Å². The van der Waals surface area contributed by atoms with E-state index in [1.807, 2.05) is 6.26 Å². The lowest BCUT2D eigenvalue weighted by Crippen LogP contribution is -2.21. The van der Waals surface area contributed by atoms with Crippen LogP contribution in [0.3, 0.4) is 0 Å². The van der Waals surface area contributed by atoms with Crippen molar-refractivity contribution in [3.05, 3.63) is 62.7 Å². The average molecular weight is 380 g/mol. The molecule has 0 aliphatic heterocycles. The Morgan fingerprint density at radius 3 is 2.86 bits per heavy atom. The normalized spacial score (nSPS) is 11.0. The highest BCUT2D eigenvalue weighted by atomic mass is 79.9. The number of thioether (sulfide) groups is 1. The van der Waals surface area contributed by atoms with Crippen LogP contribution in [-0.2, 0) is 6.54 Å². The molecule has 0 aliphatic rings. The second-order valence-corrected chi connectivity index (χ2v) is 6.32. The average Bonchev–Trinajstić information content (AvgIpc) is 2.51. The van der Waals surface area contributed by atoms with Crippen molar-refractivity contribution in [3.63, 3.8) is 0 Å². The van der Waals surface area contributed by atoms with Crippen LogP contribution in [0.15, 0.2) is 51.0 Å². The van der Waals surface area contributed by atoms with Crippen molar-refractivity contribution in [2.45, 2.75) is 11.7 Å². The van der Waals surface area contributed by atoms with Crippen LogP contribution < -0.4 is 5.56 Å². The van der Waals surface area contributed by atoms with Crippen molar-refractivity contribution in [1.82, 2.24) is 14.5 Å². The van der Waals surface area contributed by atoms with E-state index in [-0.39, 0.29) is 17.9 Å². The second kappa shape index (κ2) is 6.18. The summed E-state index contributed by atoms with van der Waals surface area (Å²) < 4.78 is 16.2. The molecule has 3 rings (SSSR count). The van der Waals surface area contributed by atoms with Gasteiger partial charge in [0.05, 0.1) is 6.54 Å². The fourth-order valence-electron chi connectivity index (χ4n) is 2.13. The Kier molecular flexibility index (Phi) is 4.26. The molecule has 112 valence electrons. The monoisotopic (exact) mass is 379 g/mol. The van der Waals surface area contributed by atoms with E-state index in [0.29, 0.717) is 20.8 Å². The number of halogens is 2. The predicted octanol–water partition coefficient (Wildman–Crippen LogP) is 3.46. The summed E-state index contributed by atoms with van der Waals surface area (Å²) in [7, 11) is 0. The molecule has 3 aromatic rings. The lowest BCUT2D eigenvalue weighted by Gasteiger charge is -2.10. The van der Waals surface area contributed by atoms with E-state index in [1.165, 1.54) is 28.5 Å². The van der Waals surface area contributed by atoms with Crippen LogP contribution in [0, 0.1) is 5.82 Å². The van der Waals surface area contributed by atoms with Crippen molar-refractivity contribution < 1.29 is 4.39 Å². The van der Waals surface area contributed by atoms with Crippen LogP contribution in [0.25, 0.3) is 11.0 Å². The SMILES string of the molecule is CSc1ncc2ccc(=O)n(Cc3ccc(Br)cc3F)c2n1. The van der Waals surface area contributed by atoms with Gasteiger partial charge in [0.15, 0.2) is 5.16 Å². The summed E-state index contributed by atoms with van der Waals surface area (Å²) in [4.78, 5) is 20.7. The van der Waals surface area contributed by atoms with Gasteiger partial charge in [-0.05, 0) is 24.5 Å². The Hall–Kier alpha value is -1.73. The smallest absolute Gasteiger partial charge is 0.252 e. The molecule has 4 nitrogen and oxygen atoms in total. The van der Waals surface area contributed by atoms with Gasteiger partial charge in [-0.25, -0.2) is 14.4 Å². The van der Waals surface area contributed by atoms with Crippen LogP contribution in [0.2, 0.25) is 0 Å². The Labute approximate surface area is 138 Å². The van der Waals surface area contributed by atoms with Crippen LogP contribution in [0.5, 0.6) is 0 Å². The molecular formula is C15H11BrFN3OS. The maximum Gasteiger partial charge on any atom is 0.252 e. The number of nitrogens with zero attached hydrogens (tertiary/aromatic N) is 3. The molecule has 0 saturated heterocycles. The third-order valence-electron chi connectivity index (χ3n) is 3.23. The van der Waals surface area contributed by atoms with Crippen molar-refractivity contribution in [2.75, 3.05) is 6.26 Å². The predicted molar refractivity (Wildman–Crippen MR) is 88.8 cm³/mol. The number of benzene rings is 1. The fraction of sp³-hybridized carbons (Fsp3) is 0.133. The molecule has 1 aromatic carbocycles. The second-order valence-electron chi connectivity index (χ2n) is 4.63. The molecule has 2 heterocycles. The van der Waals surface area contributed by atoms with E-state index in [4.69, 9.17) is 0 Å². The van der Waals surface area contributed by atoms with Gasteiger partial charge in [0.2, 0.25) is 0 Å². The highest BCUT2D eigenvalue weighted by molar-refractivity contribution is 9.10. The number of hydrogen-bond donors (Lipinski definition) is 0. The molecule has 0 atom stereocenters. The number of fused-ring (bicyclic) bond motifs is 1. The van der Waals surface area contributed by atoms with E-state index in [1.54, 1.807) is 24.4 Å². The Morgan fingerprint density at radius 1 is 1.32 bits per heavy atom. The maximum absolute atomic E-state index is 14.0. The molecule has 0 unspecified atom stereocenters. The molecule has 0 N–H and O–H groups in total. The summed E-state index contributed by atoms with van der Waals surface area (Å²) in [6, 6.07) is 7.91. The quantitative estimate of drug-likeness (QED) is 0.516. The largest absolute Gasteiger partial charge is 0.288 e. The van der Waals surface area contributed by atoms with Gasteiger partial charge in [-0.2, -0.15) is 0 Å². The first-order valence-electron chi connectivity index (χ1n) is 6.43. The Morgan fingerprint density at radius 2 is 2.14 bits per heavy atom. The number of aromatic nitrogens is 3. The topological polar surface area (TPSA) is 47.8 Å². The van der Waals surface area contributed by atoms with E-state index < -0.39 is 0 Å². The van der Waals surface area contributed by atoms with E-state index >= 15 is 0 Å². The van der Waals surface area contributed by atoms with Gasteiger partial charge in [-0.3, -0.25) is 9.36 Å². The molecule has 2 aromatic heterocycles.